The Morgan fingerprint density at radius 3 is 0.840 bits per heavy atom. The van der Waals surface area contributed by atoms with Gasteiger partial charge in [-0.1, -0.05) is 259 Å². The second kappa shape index (κ2) is 55.9. The van der Waals surface area contributed by atoms with E-state index < -0.39 is 97.5 Å². The number of unbranched alkanes of at least 4 members (excludes halogenated alkanes) is 34. The van der Waals surface area contributed by atoms with E-state index in [9.17, 15) is 43.2 Å². The van der Waals surface area contributed by atoms with Gasteiger partial charge in [-0.3, -0.25) is 37.3 Å². The minimum Gasteiger partial charge on any atom is -0.462 e. The van der Waals surface area contributed by atoms with Crippen LogP contribution in [0.2, 0.25) is 0 Å². The van der Waals surface area contributed by atoms with Crippen LogP contribution >= 0.6 is 15.6 Å². The molecule has 2 unspecified atom stereocenters. The molecule has 480 valence electrons. The van der Waals surface area contributed by atoms with Gasteiger partial charge in [-0.2, -0.15) is 0 Å². The first-order chi connectivity index (χ1) is 39.0. The van der Waals surface area contributed by atoms with E-state index in [1.807, 2.05) is 0 Å². The van der Waals surface area contributed by atoms with E-state index in [0.29, 0.717) is 25.7 Å². The first-order valence-corrected chi connectivity index (χ1v) is 35.6. The van der Waals surface area contributed by atoms with Gasteiger partial charge in [0, 0.05) is 25.7 Å². The second-order valence-electron chi connectivity index (χ2n) is 22.9. The van der Waals surface area contributed by atoms with Crippen LogP contribution in [0.3, 0.4) is 0 Å². The van der Waals surface area contributed by atoms with E-state index >= 15 is 0 Å². The zero-order chi connectivity index (χ0) is 59.9. The maximum atomic E-state index is 13.0. The van der Waals surface area contributed by atoms with Crippen molar-refractivity contribution in [1.29, 1.82) is 0 Å². The molecule has 5 atom stereocenters. The molecule has 0 amide bonds. The lowest BCUT2D eigenvalue weighted by Crippen LogP contribution is -2.30. The molecule has 0 fully saturated rings. The van der Waals surface area contributed by atoms with Gasteiger partial charge < -0.3 is 33.8 Å². The monoisotopic (exact) mass is 1200 g/mol. The highest BCUT2D eigenvalue weighted by molar-refractivity contribution is 7.47. The van der Waals surface area contributed by atoms with Crippen molar-refractivity contribution in [3.05, 3.63) is 0 Å². The van der Waals surface area contributed by atoms with Gasteiger partial charge in [-0.05, 0) is 31.6 Å². The highest BCUT2D eigenvalue weighted by atomic mass is 31.2. The van der Waals surface area contributed by atoms with Crippen LogP contribution in [0.25, 0.3) is 0 Å². The van der Waals surface area contributed by atoms with E-state index in [2.05, 4.69) is 34.6 Å². The van der Waals surface area contributed by atoms with E-state index in [0.717, 1.165) is 109 Å². The highest BCUT2D eigenvalue weighted by Crippen LogP contribution is 2.45. The molecule has 3 N–H and O–H groups in total. The maximum absolute atomic E-state index is 13.0. The Morgan fingerprint density at radius 2 is 0.568 bits per heavy atom. The van der Waals surface area contributed by atoms with Crippen LogP contribution in [0.1, 0.15) is 311 Å². The van der Waals surface area contributed by atoms with Gasteiger partial charge in [0.2, 0.25) is 0 Å². The zero-order valence-corrected chi connectivity index (χ0v) is 53.7. The fraction of sp³-hybridized carbons (Fsp3) is 0.935. The molecule has 0 aromatic rings. The summed E-state index contributed by atoms with van der Waals surface area (Å²) in [6, 6.07) is 0. The number of phosphoric acid groups is 2. The van der Waals surface area contributed by atoms with Crippen LogP contribution in [0.15, 0.2) is 0 Å². The molecule has 0 aliphatic heterocycles. The average molecular weight is 1200 g/mol. The van der Waals surface area contributed by atoms with Crippen molar-refractivity contribution in [3.63, 3.8) is 0 Å². The summed E-state index contributed by atoms with van der Waals surface area (Å²) >= 11 is 0. The predicted octanol–water partition coefficient (Wildman–Crippen LogP) is 17.0. The standard InChI is InChI=1S/C62H120O17P2/c1-6-9-12-15-18-20-22-27-31-36-41-46-60(65)73-52-58(79-62(67)48-43-38-33-28-24-23-25-30-34-39-44-55(4)5)54-77-81(70,71)75-50-56(63)49-74-80(68,69)76-53-57(51-72-59(64)45-40-35-29-17-14-11-8-3)78-61(66)47-42-37-32-26-21-19-16-13-10-7-2/h55-58,63H,6-54H2,1-5H3,(H,68,69)(H,70,71)/t56-,57+,58+/m0/s1. The van der Waals surface area contributed by atoms with Crippen LogP contribution in [-0.4, -0.2) is 96.7 Å². The van der Waals surface area contributed by atoms with Crippen molar-refractivity contribution in [2.75, 3.05) is 39.6 Å². The number of carbonyl (C=O) groups excluding carboxylic acids is 4. The molecule has 81 heavy (non-hydrogen) atoms. The third-order valence-corrected chi connectivity index (χ3v) is 16.2. The minimum absolute atomic E-state index is 0.106. The number of aliphatic hydroxyl groups excluding tert-OH is 1. The third-order valence-electron chi connectivity index (χ3n) is 14.3. The Kier molecular flexibility index (Phi) is 54.6. The smallest absolute Gasteiger partial charge is 0.462 e. The minimum atomic E-state index is -4.94. The van der Waals surface area contributed by atoms with E-state index in [-0.39, 0.29) is 25.7 Å². The maximum Gasteiger partial charge on any atom is 0.472 e. The molecule has 19 heteroatoms. The predicted molar refractivity (Wildman–Crippen MR) is 322 cm³/mol. The Bertz CT molecular complexity index is 1580. The number of rotatable bonds is 62. The summed E-state index contributed by atoms with van der Waals surface area (Å²) in [7, 11) is -9.88. The lowest BCUT2D eigenvalue weighted by molar-refractivity contribution is -0.161. The summed E-state index contributed by atoms with van der Waals surface area (Å²) in [5.74, 6) is -1.39. The number of hydrogen-bond acceptors (Lipinski definition) is 15. The summed E-state index contributed by atoms with van der Waals surface area (Å²) in [6.45, 7) is 7.12. The number of hydrogen-bond donors (Lipinski definition) is 3. The normalized spacial score (nSPS) is 14.3. The molecule has 0 saturated carbocycles. The summed E-state index contributed by atoms with van der Waals surface area (Å²) in [4.78, 5) is 72.0. The van der Waals surface area contributed by atoms with Crippen molar-refractivity contribution >= 4 is 39.5 Å². The van der Waals surface area contributed by atoms with Crippen molar-refractivity contribution in [3.8, 4) is 0 Å². The lowest BCUT2D eigenvalue weighted by atomic mass is 10.0. The molecule has 0 aromatic carbocycles. The van der Waals surface area contributed by atoms with Crippen LogP contribution in [0, 0.1) is 5.92 Å². The fourth-order valence-electron chi connectivity index (χ4n) is 9.23. The summed E-state index contributed by atoms with van der Waals surface area (Å²) in [5.41, 5.74) is 0. The summed E-state index contributed by atoms with van der Waals surface area (Å²) in [6.07, 6.45) is 38.9. The first kappa shape index (κ1) is 79.1. The highest BCUT2D eigenvalue weighted by Gasteiger charge is 2.30. The SMILES string of the molecule is CCCCCCCCCCCCCC(=O)OC[C@H](COP(=O)(O)OC[C@@H](O)COP(=O)(O)OC[C@@H](COC(=O)CCCCCCCCC)OC(=O)CCCCCCCCCCCC)OC(=O)CCCCCCCCCCCCC(C)C. The number of carbonyl (C=O) groups is 4. The third kappa shape index (κ3) is 56.9. The van der Waals surface area contributed by atoms with Gasteiger partial charge in [0.05, 0.1) is 26.4 Å². The molecular formula is C62H120O17P2. The van der Waals surface area contributed by atoms with Crippen LogP contribution in [-0.2, 0) is 65.4 Å². The molecule has 0 aromatic heterocycles. The fourth-order valence-corrected chi connectivity index (χ4v) is 10.8. The van der Waals surface area contributed by atoms with Gasteiger partial charge in [0.15, 0.2) is 12.2 Å². The Balaban J connectivity index is 5.21. The van der Waals surface area contributed by atoms with Crippen LogP contribution in [0.5, 0.6) is 0 Å². The molecule has 0 heterocycles. The molecule has 0 rings (SSSR count). The van der Waals surface area contributed by atoms with Gasteiger partial charge in [-0.25, -0.2) is 9.13 Å². The van der Waals surface area contributed by atoms with Crippen molar-refractivity contribution < 1.29 is 80.2 Å². The molecule has 0 aliphatic carbocycles. The molecule has 0 aliphatic rings. The van der Waals surface area contributed by atoms with Gasteiger partial charge >= 0.3 is 39.5 Å². The van der Waals surface area contributed by atoms with Crippen LogP contribution < -0.4 is 0 Å². The molecule has 0 spiro atoms. The Morgan fingerprint density at radius 1 is 0.333 bits per heavy atom. The first-order valence-electron chi connectivity index (χ1n) is 32.6. The summed E-state index contributed by atoms with van der Waals surface area (Å²) in [5, 5.41) is 10.5. The van der Waals surface area contributed by atoms with Gasteiger partial charge in [-0.15, -0.1) is 0 Å². The number of phosphoric ester groups is 2. The van der Waals surface area contributed by atoms with E-state index in [4.69, 9.17) is 37.0 Å². The second-order valence-corrected chi connectivity index (χ2v) is 25.8. The summed E-state index contributed by atoms with van der Waals surface area (Å²) < 4.78 is 67.8. The molecule has 17 nitrogen and oxygen atoms in total. The molecule has 0 bridgehead atoms. The molecular weight excluding hydrogens is 1080 g/mol. The van der Waals surface area contributed by atoms with Gasteiger partial charge in [0.1, 0.15) is 19.3 Å². The number of aliphatic hydroxyl groups is 1. The quantitative estimate of drug-likeness (QED) is 0.0222. The average Bonchev–Trinajstić information content (AvgIpc) is 3.43. The van der Waals surface area contributed by atoms with Crippen molar-refractivity contribution in [2.45, 2.75) is 329 Å². The zero-order valence-electron chi connectivity index (χ0n) is 51.9. The largest absolute Gasteiger partial charge is 0.472 e. The Labute approximate surface area is 492 Å². The molecule has 0 saturated heterocycles. The molecule has 0 radical (unpaired) electrons. The van der Waals surface area contributed by atoms with Crippen molar-refractivity contribution in [1.82, 2.24) is 0 Å². The van der Waals surface area contributed by atoms with E-state index in [1.165, 1.54) is 122 Å². The Hall–Kier alpha value is -1.94. The van der Waals surface area contributed by atoms with Gasteiger partial charge in [0.25, 0.3) is 0 Å². The topological polar surface area (TPSA) is 237 Å². The van der Waals surface area contributed by atoms with E-state index in [1.54, 1.807) is 0 Å². The number of ether oxygens (including phenoxy) is 4. The number of esters is 4. The van der Waals surface area contributed by atoms with Crippen molar-refractivity contribution in [2.24, 2.45) is 5.92 Å². The van der Waals surface area contributed by atoms with Crippen LogP contribution in [0.4, 0.5) is 0 Å². The lowest BCUT2D eigenvalue weighted by Gasteiger charge is -2.21.